The van der Waals surface area contributed by atoms with Crippen LogP contribution in [0.25, 0.3) is 0 Å². The number of rotatable bonds is 12. The van der Waals surface area contributed by atoms with Gasteiger partial charge in [0.05, 0.1) is 0 Å². The van der Waals surface area contributed by atoms with Gasteiger partial charge in [0.1, 0.15) is 0 Å². The quantitative estimate of drug-likeness (QED) is 0.320. The second-order valence-electron chi connectivity index (χ2n) is 8.86. The maximum Gasteiger partial charge on any atom is 0.163 e. The molecule has 0 saturated heterocycles. The zero-order valence-corrected chi connectivity index (χ0v) is 18.8. The molecule has 0 aliphatic carbocycles. The first-order chi connectivity index (χ1) is 13.1. The number of benzene rings is 1. The number of hydrogen-bond donors (Lipinski definition) is 1. The Morgan fingerprint density at radius 2 is 1.89 bits per heavy atom. The summed E-state index contributed by atoms with van der Waals surface area (Å²) in [6.07, 6.45) is 8.53. The summed E-state index contributed by atoms with van der Waals surface area (Å²) in [6, 6.07) is 6.12. The van der Waals surface area contributed by atoms with Gasteiger partial charge in [0, 0.05) is 30.5 Å². The van der Waals surface area contributed by atoms with E-state index in [1.54, 1.807) is 0 Å². The highest BCUT2D eigenvalue weighted by molar-refractivity contribution is 5.96. The number of ketones is 1. The van der Waals surface area contributed by atoms with Crippen molar-refractivity contribution in [2.75, 3.05) is 6.54 Å². The van der Waals surface area contributed by atoms with E-state index < -0.39 is 0 Å². The Bertz CT molecular complexity index is 726. The van der Waals surface area contributed by atoms with Crippen molar-refractivity contribution in [2.24, 2.45) is 5.41 Å². The summed E-state index contributed by atoms with van der Waals surface area (Å²) >= 11 is 0. The predicted molar refractivity (Wildman–Crippen MR) is 123 cm³/mol. The summed E-state index contributed by atoms with van der Waals surface area (Å²) < 4.78 is 0. The summed E-state index contributed by atoms with van der Waals surface area (Å²) in [5.74, 6) is 0.169. The summed E-state index contributed by atoms with van der Waals surface area (Å²) in [6.45, 7) is 22.6. The van der Waals surface area contributed by atoms with Crippen LogP contribution >= 0.6 is 0 Å². The van der Waals surface area contributed by atoms with Gasteiger partial charge in [-0.05, 0) is 56.2 Å². The molecule has 2 nitrogen and oxygen atoms in total. The highest BCUT2D eigenvalue weighted by Crippen LogP contribution is 2.31. The van der Waals surface area contributed by atoms with Gasteiger partial charge < -0.3 is 5.32 Å². The van der Waals surface area contributed by atoms with Crippen LogP contribution in [-0.4, -0.2) is 12.3 Å². The van der Waals surface area contributed by atoms with E-state index in [2.05, 4.69) is 70.5 Å². The van der Waals surface area contributed by atoms with Gasteiger partial charge >= 0.3 is 0 Å². The minimum Gasteiger partial charge on any atom is -0.312 e. The molecule has 1 N–H and O–H groups in total. The highest BCUT2D eigenvalue weighted by atomic mass is 16.1. The standard InChI is InChI=1S/C26H39NO/c1-9-16-26(8,11-3)23-17-21(24(28)15-12-20(4)5)13-14-22(23)18-27-19-25(6,7)10-2/h9,11,13-14,16-17,27H,3-4,10,12,15,18-19H2,1-2,5-8H3/b16-9+. The molecule has 1 aromatic rings. The van der Waals surface area contributed by atoms with Crippen molar-refractivity contribution >= 4 is 5.78 Å². The Labute approximate surface area is 172 Å². The summed E-state index contributed by atoms with van der Waals surface area (Å²) in [5, 5.41) is 3.61. The molecular formula is C26H39NO. The number of allylic oxidation sites excluding steroid dienone is 4. The normalized spacial score (nSPS) is 14.1. The van der Waals surface area contributed by atoms with Crippen LogP contribution in [0.4, 0.5) is 0 Å². The number of Topliss-reactive ketones (excluding diaryl/α,β-unsaturated/α-hetero) is 1. The van der Waals surface area contributed by atoms with Crippen molar-refractivity contribution in [2.45, 2.75) is 72.8 Å². The highest BCUT2D eigenvalue weighted by Gasteiger charge is 2.24. The van der Waals surface area contributed by atoms with Crippen LogP contribution in [0.3, 0.4) is 0 Å². The monoisotopic (exact) mass is 381 g/mol. The van der Waals surface area contributed by atoms with E-state index in [0.717, 1.165) is 42.6 Å². The molecule has 28 heavy (non-hydrogen) atoms. The Morgan fingerprint density at radius 3 is 2.43 bits per heavy atom. The molecule has 0 aromatic heterocycles. The van der Waals surface area contributed by atoms with E-state index in [1.807, 2.05) is 26.0 Å². The average Bonchev–Trinajstić information content (AvgIpc) is 2.66. The third-order valence-corrected chi connectivity index (χ3v) is 5.60. The van der Waals surface area contributed by atoms with Gasteiger partial charge in [0.2, 0.25) is 0 Å². The maximum absolute atomic E-state index is 12.7. The van der Waals surface area contributed by atoms with Crippen LogP contribution in [0.5, 0.6) is 0 Å². The first kappa shape index (κ1) is 24.1. The van der Waals surface area contributed by atoms with Gasteiger partial charge in [-0.15, -0.1) is 13.2 Å². The molecule has 0 amide bonds. The number of hydrogen-bond acceptors (Lipinski definition) is 2. The third-order valence-electron chi connectivity index (χ3n) is 5.60. The fourth-order valence-electron chi connectivity index (χ4n) is 3.15. The van der Waals surface area contributed by atoms with Gasteiger partial charge in [-0.2, -0.15) is 0 Å². The Balaban J connectivity index is 3.22. The lowest BCUT2D eigenvalue weighted by molar-refractivity contribution is 0.0982. The molecule has 1 rings (SSSR count). The molecule has 154 valence electrons. The first-order valence-corrected chi connectivity index (χ1v) is 10.4. The second kappa shape index (κ2) is 10.6. The fourth-order valence-corrected chi connectivity index (χ4v) is 3.15. The van der Waals surface area contributed by atoms with Crippen LogP contribution in [0.15, 0.2) is 55.2 Å². The summed E-state index contributed by atoms with van der Waals surface area (Å²) in [7, 11) is 0. The van der Waals surface area contributed by atoms with E-state index in [0.29, 0.717) is 6.42 Å². The van der Waals surface area contributed by atoms with Crippen molar-refractivity contribution in [1.29, 1.82) is 0 Å². The van der Waals surface area contributed by atoms with E-state index in [9.17, 15) is 4.79 Å². The second-order valence-corrected chi connectivity index (χ2v) is 8.86. The van der Waals surface area contributed by atoms with Gasteiger partial charge in [0.25, 0.3) is 0 Å². The lowest BCUT2D eigenvalue weighted by Crippen LogP contribution is -2.29. The van der Waals surface area contributed by atoms with Crippen molar-refractivity contribution in [1.82, 2.24) is 5.32 Å². The van der Waals surface area contributed by atoms with Crippen molar-refractivity contribution in [3.8, 4) is 0 Å². The van der Waals surface area contributed by atoms with Gasteiger partial charge in [-0.25, -0.2) is 0 Å². The van der Waals surface area contributed by atoms with Crippen molar-refractivity contribution < 1.29 is 4.79 Å². The maximum atomic E-state index is 12.7. The van der Waals surface area contributed by atoms with Crippen LogP contribution in [0.1, 0.15) is 82.3 Å². The molecule has 1 aromatic carbocycles. The van der Waals surface area contributed by atoms with Crippen LogP contribution in [-0.2, 0) is 12.0 Å². The largest absolute Gasteiger partial charge is 0.312 e. The first-order valence-electron chi connectivity index (χ1n) is 10.4. The fraction of sp³-hybridized carbons (Fsp3) is 0.500. The summed E-state index contributed by atoms with van der Waals surface area (Å²) in [5.41, 5.74) is 4.12. The number of nitrogens with one attached hydrogen (secondary N) is 1. The molecule has 2 heteroatoms. The Hall–Kier alpha value is -1.93. The van der Waals surface area contributed by atoms with Gasteiger partial charge in [0.15, 0.2) is 5.78 Å². The molecule has 0 aliphatic rings. The lowest BCUT2D eigenvalue weighted by Gasteiger charge is -2.28. The average molecular weight is 382 g/mol. The van der Waals surface area contributed by atoms with Crippen LogP contribution in [0.2, 0.25) is 0 Å². The topological polar surface area (TPSA) is 29.1 Å². The van der Waals surface area contributed by atoms with Crippen LogP contribution < -0.4 is 5.32 Å². The van der Waals surface area contributed by atoms with Crippen molar-refractivity contribution in [3.63, 3.8) is 0 Å². The molecule has 0 bridgehead atoms. The van der Waals surface area contributed by atoms with E-state index in [1.165, 1.54) is 5.56 Å². The zero-order chi connectivity index (χ0) is 21.4. The molecule has 0 radical (unpaired) electrons. The molecule has 0 spiro atoms. The Morgan fingerprint density at radius 1 is 1.21 bits per heavy atom. The predicted octanol–water partition coefficient (Wildman–Crippen LogP) is 6.77. The number of carbonyl (C=O) groups excluding carboxylic acids is 1. The molecular weight excluding hydrogens is 342 g/mol. The molecule has 0 heterocycles. The minimum atomic E-state index is -0.309. The third kappa shape index (κ3) is 6.91. The minimum absolute atomic E-state index is 0.169. The van der Waals surface area contributed by atoms with E-state index in [4.69, 9.17) is 0 Å². The van der Waals surface area contributed by atoms with Gasteiger partial charge in [-0.1, -0.05) is 56.7 Å². The molecule has 1 unspecified atom stereocenters. The number of carbonyl (C=O) groups is 1. The van der Waals surface area contributed by atoms with Gasteiger partial charge in [-0.3, -0.25) is 4.79 Å². The molecule has 0 aliphatic heterocycles. The van der Waals surface area contributed by atoms with E-state index >= 15 is 0 Å². The van der Waals surface area contributed by atoms with E-state index in [-0.39, 0.29) is 16.6 Å². The van der Waals surface area contributed by atoms with Crippen LogP contribution in [0, 0.1) is 5.41 Å². The SMILES string of the molecule is C=CC(C)(/C=C/C)c1cc(C(=O)CCC(=C)C)ccc1CNCC(C)(C)CC. The Kier molecular flexibility index (Phi) is 9.10. The molecule has 1 atom stereocenters. The summed E-state index contributed by atoms with van der Waals surface area (Å²) in [4.78, 5) is 12.7. The molecule has 0 saturated carbocycles. The van der Waals surface area contributed by atoms with Crippen molar-refractivity contribution in [3.05, 3.63) is 71.8 Å². The zero-order valence-electron chi connectivity index (χ0n) is 18.8. The molecule has 0 fully saturated rings. The smallest absolute Gasteiger partial charge is 0.163 e. The lowest BCUT2D eigenvalue weighted by atomic mass is 9.78.